The predicted molar refractivity (Wildman–Crippen MR) is 51.7 cm³/mol. The van der Waals surface area contributed by atoms with E-state index in [1.165, 1.54) is 13.0 Å². The molecule has 1 nitrogen and oxygen atoms in total. The summed E-state index contributed by atoms with van der Waals surface area (Å²) in [7, 11) is 0. The lowest BCUT2D eigenvalue weighted by Crippen LogP contribution is -2.06. The van der Waals surface area contributed by atoms with Gasteiger partial charge in [0.2, 0.25) is 6.36 Å². The molecule has 0 radical (unpaired) electrons. The second kappa shape index (κ2) is 4.40. The Hall–Kier alpha value is -1.12. The highest BCUT2D eigenvalue weighted by Gasteiger charge is 2.13. The summed E-state index contributed by atoms with van der Waals surface area (Å²) in [6.45, 7) is 4.98. The van der Waals surface area contributed by atoms with Crippen LogP contribution in [0.2, 0.25) is 0 Å². The summed E-state index contributed by atoms with van der Waals surface area (Å²) in [4.78, 5) is 0. The quantitative estimate of drug-likeness (QED) is 0.723. The number of halogens is 2. The van der Waals surface area contributed by atoms with Crippen LogP contribution >= 0.6 is 0 Å². The number of benzene rings is 1. The van der Waals surface area contributed by atoms with E-state index in [0.717, 1.165) is 0 Å². The van der Waals surface area contributed by atoms with Gasteiger partial charge in [-0.25, -0.2) is 8.78 Å². The number of hydrogen-bond acceptors (Lipinski definition) is 1. The van der Waals surface area contributed by atoms with Crippen LogP contribution in [0.3, 0.4) is 0 Å². The fourth-order valence-corrected chi connectivity index (χ4v) is 1.24. The van der Waals surface area contributed by atoms with Crippen LogP contribution in [0, 0.1) is 5.82 Å². The lowest BCUT2D eigenvalue weighted by atomic mass is 10.0. The highest BCUT2D eigenvalue weighted by atomic mass is 19.1. The molecule has 0 N–H and O–H groups in total. The maximum absolute atomic E-state index is 13.6. The first-order valence-corrected chi connectivity index (χ1v) is 4.61. The Bertz CT molecular complexity index is 308. The van der Waals surface area contributed by atoms with Gasteiger partial charge in [-0.1, -0.05) is 26.0 Å². The fourth-order valence-electron chi connectivity index (χ4n) is 1.24. The lowest BCUT2D eigenvalue weighted by molar-refractivity contribution is 0.0812. The molecule has 1 aromatic rings. The molecule has 0 aliphatic carbocycles. The van der Waals surface area contributed by atoms with Crippen LogP contribution in [-0.2, 0) is 0 Å². The van der Waals surface area contributed by atoms with Gasteiger partial charge in [0.25, 0.3) is 0 Å². The molecule has 1 rings (SSSR count). The Morgan fingerprint density at radius 2 is 1.86 bits per heavy atom. The Morgan fingerprint density at radius 3 is 2.36 bits per heavy atom. The van der Waals surface area contributed by atoms with Crippen molar-refractivity contribution in [3.8, 4) is 5.75 Å². The molecule has 0 spiro atoms. The van der Waals surface area contributed by atoms with E-state index >= 15 is 0 Å². The Kier molecular flexibility index (Phi) is 3.44. The van der Waals surface area contributed by atoms with Crippen LogP contribution < -0.4 is 4.74 Å². The van der Waals surface area contributed by atoms with Crippen molar-refractivity contribution in [2.75, 3.05) is 0 Å². The Morgan fingerprint density at radius 1 is 1.21 bits per heavy atom. The van der Waals surface area contributed by atoms with Crippen molar-refractivity contribution in [3.63, 3.8) is 0 Å². The minimum Gasteiger partial charge on any atom is -0.458 e. The average Bonchev–Trinajstić information content (AvgIpc) is 2.07. The zero-order valence-corrected chi connectivity index (χ0v) is 8.55. The number of hydrogen-bond donors (Lipinski definition) is 0. The van der Waals surface area contributed by atoms with Crippen LogP contribution in [0.5, 0.6) is 5.75 Å². The first-order valence-electron chi connectivity index (χ1n) is 4.61. The summed E-state index contributed by atoms with van der Waals surface area (Å²) >= 11 is 0. The van der Waals surface area contributed by atoms with Gasteiger partial charge in [0.15, 0.2) is 11.6 Å². The van der Waals surface area contributed by atoms with Gasteiger partial charge in [0.1, 0.15) is 0 Å². The van der Waals surface area contributed by atoms with Gasteiger partial charge >= 0.3 is 0 Å². The van der Waals surface area contributed by atoms with Crippen molar-refractivity contribution in [2.24, 2.45) is 0 Å². The van der Waals surface area contributed by atoms with Gasteiger partial charge in [0.05, 0.1) is 0 Å². The van der Waals surface area contributed by atoms with Crippen LogP contribution in [0.25, 0.3) is 0 Å². The molecule has 0 aliphatic heterocycles. The van der Waals surface area contributed by atoms with E-state index in [0.29, 0.717) is 5.56 Å². The van der Waals surface area contributed by atoms with Gasteiger partial charge in [-0.3, -0.25) is 0 Å². The molecule has 0 saturated carbocycles. The van der Waals surface area contributed by atoms with Crippen LogP contribution in [0.15, 0.2) is 18.2 Å². The van der Waals surface area contributed by atoms with Crippen molar-refractivity contribution < 1.29 is 13.5 Å². The van der Waals surface area contributed by atoms with Crippen LogP contribution in [-0.4, -0.2) is 6.36 Å². The Labute approximate surface area is 82.7 Å². The summed E-state index contributed by atoms with van der Waals surface area (Å²) in [6, 6.07) is 4.77. The molecule has 3 heteroatoms. The van der Waals surface area contributed by atoms with E-state index in [1.807, 2.05) is 13.8 Å². The molecule has 0 aromatic heterocycles. The third-order valence-electron chi connectivity index (χ3n) is 1.90. The normalized spacial score (nSPS) is 13.0. The molecule has 0 fully saturated rings. The summed E-state index contributed by atoms with van der Waals surface area (Å²) in [5.74, 6) is -0.424. The van der Waals surface area contributed by atoms with Gasteiger partial charge in [-0.05, 0) is 17.5 Å². The molecule has 0 bridgehead atoms. The van der Waals surface area contributed by atoms with Gasteiger partial charge in [0, 0.05) is 6.92 Å². The lowest BCUT2D eigenvalue weighted by Gasteiger charge is -2.12. The second-order valence-corrected chi connectivity index (χ2v) is 3.47. The minimum atomic E-state index is -1.49. The summed E-state index contributed by atoms with van der Waals surface area (Å²) in [5, 5.41) is 0. The van der Waals surface area contributed by atoms with Crippen molar-refractivity contribution in [3.05, 3.63) is 29.6 Å². The zero-order valence-electron chi connectivity index (χ0n) is 8.55. The maximum atomic E-state index is 13.6. The van der Waals surface area contributed by atoms with E-state index in [-0.39, 0.29) is 11.7 Å². The molecule has 0 amide bonds. The summed E-state index contributed by atoms with van der Waals surface area (Å²) in [6.07, 6.45) is -1.49. The van der Waals surface area contributed by atoms with Crippen LogP contribution in [0.1, 0.15) is 32.3 Å². The standard InChI is InChI=1S/C11H14F2O/c1-7(2)9-5-4-6-10(11(9)13)14-8(3)12/h4-8H,1-3H3. The monoisotopic (exact) mass is 200 g/mol. The molecule has 1 atom stereocenters. The second-order valence-electron chi connectivity index (χ2n) is 3.47. The maximum Gasteiger partial charge on any atom is 0.235 e. The highest BCUT2D eigenvalue weighted by Crippen LogP contribution is 2.26. The number of ether oxygens (including phenoxy) is 1. The van der Waals surface area contributed by atoms with E-state index in [1.54, 1.807) is 12.1 Å². The van der Waals surface area contributed by atoms with Crippen molar-refractivity contribution in [2.45, 2.75) is 33.0 Å². The van der Waals surface area contributed by atoms with Crippen molar-refractivity contribution in [1.29, 1.82) is 0 Å². The molecule has 78 valence electrons. The first-order chi connectivity index (χ1) is 6.52. The van der Waals surface area contributed by atoms with E-state index in [2.05, 4.69) is 0 Å². The fraction of sp³-hybridized carbons (Fsp3) is 0.455. The average molecular weight is 200 g/mol. The molecule has 0 saturated heterocycles. The van der Waals surface area contributed by atoms with Gasteiger partial charge in [-0.15, -0.1) is 0 Å². The largest absolute Gasteiger partial charge is 0.458 e. The van der Waals surface area contributed by atoms with Crippen molar-refractivity contribution in [1.82, 2.24) is 0 Å². The third-order valence-corrected chi connectivity index (χ3v) is 1.90. The topological polar surface area (TPSA) is 9.23 Å². The van der Waals surface area contributed by atoms with Crippen LogP contribution in [0.4, 0.5) is 8.78 Å². The molecular weight excluding hydrogens is 186 g/mol. The Balaban J connectivity index is 3.01. The third kappa shape index (κ3) is 2.44. The number of alkyl halides is 1. The molecule has 0 heterocycles. The highest BCUT2D eigenvalue weighted by molar-refractivity contribution is 5.32. The van der Waals surface area contributed by atoms with Crippen molar-refractivity contribution >= 4 is 0 Å². The molecule has 14 heavy (non-hydrogen) atoms. The molecule has 1 aromatic carbocycles. The molecule has 0 aliphatic rings. The van der Waals surface area contributed by atoms with E-state index < -0.39 is 12.2 Å². The first kappa shape index (κ1) is 11.0. The van der Waals surface area contributed by atoms with E-state index in [4.69, 9.17) is 4.74 Å². The molecular formula is C11H14F2O. The smallest absolute Gasteiger partial charge is 0.235 e. The zero-order chi connectivity index (χ0) is 10.7. The minimum absolute atomic E-state index is 0.0220. The molecule has 1 unspecified atom stereocenters. The number of rotatable bonds is 3. The van der Waals surface area contributed by atoms with Gasteiger partial charge in [-0.2, -0.15) is 0 Å². The van der Waals surface area contributed by atoms with Gasteiger partial charge < -0.3 is 4.74 Å². The summed E-state index contributed by atoms with van der Waals surface area (Å²) < 4.78 is 30.8. The predicted octanol–water partition coefficient (Wildman–Crippen LogP) is 3.64. The van der Waals surface area contributed by atoms with E-state index in [9.17, 15) is 8.78 Å². The SMILES string of the molecule is CC(F)Oc1cccc(C(C)C)c1F. The summed E-state index contributed by atoms with van der Waals surface area (Å²) in [5.41, 5.74) is 0.545.